The van der Waals surface area contributed by atoms with Crippen molar-refractivity contribution in [3.63, 3.8) is 0 Å². The number of aliphatic hydroxyl groups is 1. The van der Waals surface area contributed by atoms with Crippen LogP contribution in [0.15, 0.2) is 53.7 Å². The number of aliphatic hydroxyl groups excluding tert-OH is 1. The van der Waals surface area contributed by atoms with Gasteiger partial charge in [0.15, 0.2) is 0 Å². The summed E-state index contributed by atoms with van der Waals surface area (Å²) >= 11 is 7.28. The number of hydrogen-bond acceptors (Lipinski definition) is 4. The van der Waals surface area contributed by atoms with Crippen LogP contribution in [0.5, 0.6) is 5.75 Å². The van der Waals surface area contributed by atoms with Gasteiger partial charge in [-0.15, -0.1) is 11.8 Å². The van der Waals surface area contributed by atoms with Crippen LogP contribution in [-0.2, 0) is 0 Å². The Morgan fingerprint density at radius 3 is 2.68 bits per heavy atom. The molecule has 1 atom stereocenters. The molecule has 0 spiro atoms. The van der Waals surface area contributed by atoms with Crippen LogP contribution in [0.1, 0.15) is 0 Å². The molecule has 1 aromatic carbocycles. The summed E-state index contributed by atoms with van der Waals surface area (Å²) in [7, 11) is 0. The summed E-state index contributed by atoms with van der Waals surface area (Å²) in [6.07, 6.45) is 1.20. The molecular formula is C14H14ClNO2S. The predicted octanol–water partition coefficient (Wildman–Crippen LogP) is 3.27. The highest BCUT2D eigenvalue weighted by atomic mass is 35.5. The number of rotatable bonds is 6. The molecule has 0 saturated carbocycles. The van der Waals surface area contributed by atoms with Gasteiger partial charge in [-0.2, -0.15) is 0 Å². The minimum absolute atomic E-state index is 0.251. The molecule has 0 aliphatic carbocycles. The van der Waals surface area contributed by atoms with Gasteiger partial charge in [0, 0.05) is 17.0 Å². The number of ether oxygens (including phenoxy) is 1. The Kier molecular flexibility index (Phi) is 5.51. The second-order valence-corrected chi connectivity index (χ2v) is 5.37. The zero-order valence-corrected chi connectivity index (χ0v) is 11.8. The maximum absolute atomic E-state index is 9.83. The topological polar surface area (TPSA) is 42.4 Å². The first-order valence-electron chi connectivity index (χ1n) is 5.84. The van der Waals surface area contributed by atoms with Crippen molar-refractivity contribution < 1.29 is 9.84 Å². The van der Waals surface area contributed by atoms with Crippen molar-refractivity contribution in [3.8, 4) is 5.75 Å². The van der Waals surface area contributed by atoms with Crippen LogP contribution in [0.2, 0.25) is 5.02 Å². The van der Waals surface area contributed by atoms with E-state index in [0.29, 0.717) is 16.5 Å². The summed E-state index contributed by atoms with van der Waals surface area (Å²) in [5.74, 6) is 1.25. The van der Waals surface area contributed by atoms with Gasteiger partial charge < -0.3 is 9.84 Å². The van der Waals surface area contributed by atoms with Crippen LogP contribution in [0.25, 0.3) is 0 Å². The average Bonchev–Trinajstić information content (AvgIpc) is 2.45. The van der Waals surface area contributed by atoms with E-state index in [0.717, 1.165) is 5.03 Å². The fraction of sp³-hybridized carbons (Fsp3) is 0.214. The monoisotopic (exact) mass is 295 g/mol. The lowest BCUT2D eigenvalue weighted by molar-refractivity contribution is 0.126. The molecule has 1 aromatic heterocycles. The largest absolute Gasteiger partial charge is 0.491 e. The highest BCUT2D eigenvalue weighted by Crippen LogP contribution is 2.17. The lowest BCUT2D eigenvalue weighted by atomic mass is 10.3. The molecule has 1 heterocycles. The van der Waals surface area contributed by atoms with E-state index in [9.17, 15) is 5.11 Å². The summed E-state index contributed by atoms with van der Waals surface area (Å²) < 4.78 is 5.47. The summed E-state index contributed by atoms with van der Waals surface area (Å²) in [6, 6.07) is 12.8. The molecular weight excluding hydrogens is 282 g/mol. The lowest BCUT2D eigenvalue weighted by Crippen LogP contribution is -2.20. The van der Waals surface area contributed by atoms with Crippen LogP contribution < -0.4 is 4.74 Å². The Labute approximate surface area is 121 Å². The van der Waals surface area contributed by atoms with E-state index in [2.05, 4.69) is 4.98 Å². The van der Waals surface area contributed by atoms with Gasteiger partial charge >= 0.3 is 0 Å². The number of nitrogens with zero attached hydrogens (tertiary/aromatic N) is 1. The number of hydrogen-bond donors (Lipinski definition) is 1. The highest BCUT2D eigenvalue weighted by molar-refractivity contribution is 7.99. The van der Waals surface area contributed by atoms with Gasteiger partial charge in [0.1, 0.15) is 12.4 Å². The third-order valence-electron chi connectivity index (χ3n) is 2.32. The fourth-order valence-electron chi connectivity index (χ4n) is 1.39. The van der Waals surface area contributed by atoms with Crippen LogP contribution in [0, 0.1) is 0 Å². The summed E-state index contributed by atoms with van der Waals surface area (Å²) in [4.78, 5) is 4.18. The first-order valence-corrected chi connectivity index (χ1v) is 7.20. The first kappa shape index (κ1) is 14.2. The van der Waals surface area contributed by atoms with Crippen LogP contribution in [0.3, 0.4) is 0 Å². The number of thioether (sulfide) groups is 1. The number of benzene rings is 1. The summed E-state index contributed by atoms with van der Waals surface area (Å²) in [5, 5.41) is 11.4. The van der Waals surface area contributed by atoms with Crippen molar-refractivity contribution in [2.24, 2.45) is 0 Å². The van der Waals surface area contributed by atoms with Crippen molar-refractivity contribution >= 4 is 23.4 Å². The second-order valence-electron chi connectivity index (χ2n) is 3.90. The molecule has 2 rings (SSSR count). The maximum atomic E-state index is 9.83. The van der Waals surface area contributed by atoms with Crippen molar-refractivity contribution in [2.75, 3.05) is 12.4 Å². The quantitative estimate of drug-likeness (QED) is 0.831. The fourth-order valence-corrected chi connectivity index (χ4v) is 2.28. The van der Waals surface area contributed by atoms with Gasteiger partial charge in [-0.05, 0) is 36.4 Å². The van der Waals surface area contributed by atoms with Crippen molar-refractivity contribution in [3.05, 3.63) is 53.7 Å². The summed E-state index contributed by atoms with van der Waals surface area (Å²) in [5.41, 5.74) is 0. The molecule has 19 heavy (non-hydrogen) atoms. The molecule has 0 unspecified atom stereocenters. The zero-order valence-electron chi connectivity index (χ0n) is 10.2. The van der Waals surface area contributed by atoms with E-state index in [1.54, 1.807) is 30.5 Å². The Balaban J connectivity index is 1.72. The Bertz CT molecular complexity index is 493. The van der Waals surface area contributed by atoms with Crippen molar-refractivity contribution in [1.29, 1.82) is 0 Å². The van der Waals surface area contributed by atoms with Gasteiger partial charge in [0.2, 0.25) is 0 Å². The van der Waals surface area contributed by atoms with Crippen molar-refractivity contribution in [2.45, 2.75) is 11.1 Å². The van der Waals surface area contributed by atoms with Crippen LogP contribution in [0.4, 0.5) is 0 Å². The highest BCUT2D eigenvalue weighted by Gasteiger charge is 2.06. The van der Waals surface area contributed by atoms with Gasteiger partial charge in [0.05, 0.1) is 11.1 Å². The van der Waals surface area contributed by atoms with Gasteiger partial charge in [-0.25, -0.2) is 4.98 Å². The number of halogens is 1. The SMILES string of the molecule is O[C@H](COc1ccc(Cl)cc1)CSc1ccccn1. The molecule has 0 fully saturated rings. The van der Waals surface area contributed by atoms with Crippen LogP contribution in [-0.4, -0.2) is 28.6 Å². The Morgan fingerprint density at radius 1 is 1.21 bits per heavy atom. The van der Waals surface area contributed by atoms with Gasteiger partial charge in [-0.3, -0.25) is 0 Å². The minimum atomic E-state index is -0.539. The Morgan fingerprint density at radius 2 is 2.00 bits per heavy atom. The van der Waals surface area contributed by atoms with E-state index in [1.807, 2.05) is 18.2 Å². The molecule has 2 aromatic rings. The zero-order chi connectivity index (χ0) is 13.5. The molecule has 0 aliphatic rings. The molecule has 0 saturated heterocycles. The molecule has 3 nitrogen and oxygen atoms in total. The first-order chi connectivity index (χ1) is 9.24. The second kappa shape index (κ2) is 7.38. The van der Waals surface area contributed by atoms with E-state index in [1.165, 1.54) is 11.8 Å². The molecule has 0 radical (unpaired) electrons. The minimum Gasteiger partial charge on any atom is -0.491 e. The van der Waals surface area contributed by atoms with Crippen LogP contribution >= 0.6 is 23.4 Å². The molecule has 0 amide bonds. The van der Waals surface area contributed by atoms with Gasteiger partial charge in [0.25, 0.3) is 0 Å². The van der Waals surface area contributed by atoms with E-state index < -0.39 is 6.10 Å². The molecule has 100 valence electrons. The van der Waals surface area contributed by atoms with Crippen molar-refractivity contribution in [1.82, 2.24) is 4.98 Å². The van der Waals surface area contributed by atoms with E-state index in [-0.39, 0.29) is 6.61 Å². The standard InChI is InChI=1S/C14H14ClNO2S/c15-11-4-6-13(7-5-11)18-9-12(17)10-19-14-3-1-2-8-16-14/h1-8,12,17H,9-10H2/t12-/m1/s1. The number of pyridine rings is 1. The molecule has 0 bridgehead atoms. The average molecular weight is 296 g/mol. The summed E-state index contributed by atoms with van der Waals surface area (Å²) in [6.45, 7) is 0.251. The van der Waals surface area contributed by atoms with E-state index >= 15 is 0 Å². The number of aromatic nitrogens is 1. The molecule has 1 N–H and O–H groups in total. The normalized spacial score (nSPS) is 12.1. The lowest BCUT2D eigenvalue weighted by Gasteiger charge is -2.11. The van der Waals surface area contributed by atoms with Gasteiger partial charge in [-0.1, -0.05) is 17.7 Å². The smallest absolute Gasteiger partial charge is 0.119 e. The third-order valence-corrected chi connectivity index (χ3v) is 3.66. The third kappa shape index (κ3) is 5.11. The van der Waals surface area contributed by atoms with E-state index in [4.69, 9.17) is 16.3 Å². The predicted molar refractivity (Wildman–Crippen MR) is 77.9 cm³/mol. The molecule has 0 aliphatic heterocycles. The molecule has 5 heteroatoms. The Hall–Kier alpha value is -1.23. The maximum Gasteiger partial charge on any atom is 0.119 e.